The molecule has 9 nitrogen and oxygen atoms in total. The molecule has 0 amide bonds. The van der Waals surface area contributed by atoms with Crippen molar-refractivity contribution < 1.29 is 42.9 Å². The van der Waals surface area contributed by atoms with Gasteiger partial charge in [-0.15, -0.1) is 0 Å². The Morgan fingerprint density at radius 2 is 0.722 bits per heavy atom. The highest BCUT2D eigenvalue weighted by atomic mass is 16.7. The molecule has 0 aromatic rings. The molecule has 0 aliphatic rings. The summed E-state index contributed by atoms with van der Waals surface area (Å²) in [6, 6.07) is 0. The molecular weight excluding hydrogens is 983 g/mol. The van der Waals surface area contributed by atoms with E-state index in [2.05, 4.69) is 160 Å². The molecule has 9 heteroatoms. The largest absolute Gasteiger partial charge is 0.477 e. The van der Waals surface area contributed by atoms with Crippen molar-refractivity contribution in [3.8, 4) is 0 Å². The zero-order valence-corrected chi connectivity index (χ0v) is 50.7. The molecule has 0 aliphatic heterocycles. The predicted molar refractivity (Wildman–Crippen MR) is 336 cm³/mol. The molecule has 2 atom stereocenters. The SMILES string of the molecule is CC/C=C\C/C=C\C/C=C\C/C=C\C/C=C\C/C=C\C/C=C\C/C=C\C/C=C\C/C=C\C/C=C\CCCCCC(=O)OC(COC(=O)CCCCCCCCC/C=C\CCCCCCCC)COC(OCC[N+](C)(C)C)C(=O)O. The summed E-state index contributed by atoms with van der Waals surface area (Å²) in [6.45, 7) is 4.69. The highest BCUT2D eigenvalue weighted by Crippen LogP contribution is 2.14. The topological polar surface area (TPSA) is 108 Å². The lowest BCUT2D eigenvalue weighted by Gasteiger charge is -2.25. The van der Waals surface area contributed by atoms with Gasteiger partial charge >= 0.3 is 17.9 Å². The third kappa shape index (κ3) is 60.7. The van der Waals surface area contributed by atoms with Gasteiger partial charge in [0.1, 0.15) is 13.2 Å². The lowest BCUT2D eigenvalue weighted by atomic mass is 10.1. The highest BCUT2D eigenvalue weighted by molar-refractivity contribution is 5.71. The Kier molecular flexibility index (Phi) is 55.7. The summed E-state index contributed by atoms with van der Waals surface area (Å²) < 4.78 is 22.8. The number of carbonyl (C=O) groups is 3. The van der Waals surface area contributed by atoms with Crippen molar-refractivity contribution in [1.29, 1.82) is 0 Å². The maximum absolute atomic E-state index is 12.9. The van der Waals surface area contributed by atoms with E-state index < -0.39 is 24.3 Å². The number of hydrogen-bond donors (Lipinski definition) is 1. The van der Waals surface area contributed by atoms with E-state index >= 15 is 0 Å². The monoisotopic (exact) mass is 1100 g/mol. The number of carbonyl (C=O) groups excluding carboxylic acids is 2. The second-order valence-electron chi connectivity index (χ2n) is 21.3. The molecule has 0 spiro atoms. The predicted octanol–water partition coefficient (Wildman–Crippen LogP) is 18.8. The molecule has 0 rings (SSSR count). The first-order chi connectivity index (χ1) is 38.6. The molecule has 0 heterocycles. The first-order valence-corrected chi connectivity index (χ1v) is 31.0. The number of nitrogens with zero attached hydrogens (tertiary/aromatic N) is 1. The van der Waals surface area contributed by atoms with E-state index in [0.717, 1.165) is 122 Å². The summed E-state index contributed by atoms with van der Waals surface area (Å²) in [5.41, 5.74) is 0. The zero-order chi connectivity index (χ0) is 57.6. The van der Waals surface area contributed by atoms with Crippen LogP contribution in [0.2, 0.25) is 0 Å². The number of allylic oxidation sites excluding steroid dienone is 24. The Balaban J connectivity index is 4.31. The number of quaternary nitrogens is 1. The van der Waals surface area contributed by atoms with Gasteiger partial charge in [-0.3, -0.25) is 9.59 Å². The Bertz CT molecular complexity index is 1800. The van der Waals surface area contributed by atoms with Crippen molar-refractivity contribution in [3.63, 3.8) is 0 Å². The van der Waals surface area contributed by atoms with E-state index in [0.29, 0.717) is 17.4 Å². The zero-order valence-electron chi connectivity index (χ0n) is 50.7. The lowest BCUT2D eigenvalue weighted by Crippen LogP contribution is -2.40. The average Bonchev–Trinajstić information content (AvgIpc) is 3.42. The van der Waals surface area contributed by atoms with Crippen LogP contribution in [0.3, 0.4) is 0 Å². The number of unbranched alkanes of at least 4 members (excludes halogenated alkanes) is 16. The minimum Gasteiger partial charge on any atom is -0.477 e. The Labute approximate surface area is 483 Å². The minimum absolute atomic E-state index is 0.173. The maximum Gasteiger partial charge on any atom is 0.361 e. The Morgan fingerprint density at radius 1 is 0.392 bits per heavy atom. The van der Waals surface area contributed by atoms with Crippen molar-refractivity contribution in [2.24, 2.45) is 0 Å². The van der Waals surface area contributed by atoms with Gasteiger partial charge in [0.15, 0.2) is 6.10 Å². The number of esters is 2. The van der Waals surface area contributed by atoms with Crippen molar-refractivity contribution in [1.82, 2.24) is 0 Å². The number of likely N-dealkylation sites (N-methyl/N-ethyl adjacent to an activating group) is 1. The van der Waals surface area contributed by atoms with E-state index in [1.807, 2.05) is 21.1 Å². The maximum atomic E-state index is 12.9. The van der Waals surface area contributed by atoms with Crippen LogP contribution in [0.5, 0.6) is 0 Å². The highest BCUT2D eigenvalue weighted by Gasteiger charge is 2.25. The summed E-state index contributed by atoms with van der Waals surface area (Å²) in [4.78, 5) is 37.4. The fourth-order valence-corrected chi connectivity index (χ4v) is 7.83. The Morgan fingerprint density at radius 3 is 1.10 bits per heavy atom. The molecule has 0 aliphatic carbocycles. The normalized spacial score (nSPS) is 13.8. The van der Waals surface area contributed by atoms with Crippen LogP contribution in [0, 0.1) is 0 Å². The number of aliphatic carboxylic acids is 1. The first-order valence-electron chi connectivity index (χ1n) is 31.0. The molecule has 0 bridgehead atoms. The summed E-state index contributed by atoms with van der Waals surface area (Å²) in [5, 5.41) is 9.71. The first kappa shape index (κ1) is 74.2. The third-order valence-electron chi connectivity index (χ3n) is 12.6. The lowest BCUT2D eigenvalue weighted by molar-refractivity contribution is -0.870. The molecule has 0 saturated heterocycles. The summed E-state index contributed by atoms with van der Waals surface area (Å²) in [6.07, 6.45) is 83.6. The quantitative estimate of drug-likeness (QED) is 0.0211. The average molecular weight is 1100 g/mol. The van der Waals surface area contributed by atoms with Gasteiger partial charge in [0.25, 0.3) is 6.29 Å². The van der Waals surface area contributed by atoms with Gasteiger partial charge in [-0.25, -0.2) is 4.79 Å². The number of carboxylic acid groups (broad SMARTS) is 1. The van der Waals surface area contributed by atoms with Gasteiger partial charge in [0.05, 0.1) is 34.4 Å². The van der Waals surface area contributed by atoms with Crippen molar-refractivity contribution in [2.75, 3.05) is 47.5 Å². The fourth-order valence-electron chi connectivity index (χ4n) is 7.83. The fraction of sp³-hybridized carbons (Fsp3) is 0.614. The van der Waals surface area contributed by atoms with Gasteiger partial charge in [0.2, 0.25) is 0 Å². The van der Waals surface area contributed by atoms with Crippen LogP contribution in [-0.2, 0) is 33.3 Å². The molecular formula is C70H114NO8+. The van der Waals surface area contributed by atoms with Gasteiger partial charge < -0.3 is 28.5 Å². The second kappa shape index (κ2) is 59.3. The summed E-state index contributed by atoms with van der Waals surface area (Å²) >= 11 is 0. The van der Waals surface area contributed by atoms with Crippen LogP contribution in [-0.4, -0.2) is 87.4 Å². The van der Waals surface area contributed by atoms with Crippen LogP contribution < -0.4 is 0 Å². The van der Waals surface area contributed by atoms with Crippen LogP contribution in [0.25, 0.3) is 0 Å². The second-order valence-corrected chi connectivity index (χ2v) is 21.3. The number of hydrogen-bond acceptors (Lipinski definition) is 7. The Hall–Kier alpha value is -4.83. The smallest absolute Gasteiger partial charge is 0.361 e. The van der Waals surface area contributed by atoms with E-state index in [-0.39, 0.29) is 38.6 Å². The molecule has 1 N–H and O–H groups in total. The number of carboxylic acids is 1. The molecule has 0 aromatic heterocycles. The van der Waals surface area contributed by atoms with Crippen LogP contribution in [0.1, 0.15) is 219 Å². The third-order valence-corrected chi connectivity index (χ3v) is 12.6. The van der Waals surface area contributed by atoms with Gasteiger partial charge in [-0.05, 0) is 122 Å². The molecule has 79 heavy (non-hydrogen) atoms. The van der Waals surface area contributed by atoms with E-state index in [9.17, 15) is 19.5 Å². The van der Waals surface area contributed by atoms with Crippen LogP contribution >= 0.6 is 0 Å². The number of rotatable bonds is 55. The molecule has 0 radical (unpaired) electrons. The molecule has 446 valence electrons. The summed E-state index contributed by atoms with van der Waals surface area (Å²) in [5.74, 6) is -2.07. The van der Waals surface area contributed by atoms with Crippen LogP contribution in [0.4, 0.5) is 0 Å². The molecule has 2 unspecified atom stereocenters. The van der Waals surface area contributed by atoms with Crippen LogP contribution in [0.15, 0.2) is 146 Å². The van der Waals surface area contributed by atoms with Gasteiger partial charge in [-0.2, -0.15) is 0 Å². The van der Waals surface area contributed by atoms with E-state index in [4.69, 9.17) is 18.9 Å². The van der Waals surface area contributed by atoms with Crippen molar-refractivity contribution >= 4 is 17.9 Å². The summed E-state index contributed by atoms with van der Waals surface area (Å²) in [7, 11) is 5.94. The van der Waals surface area contributed by atoms with Gasteiger partial charge in [0, 0.05) is 12.8 Å². The number of ether oxygens (including phenoxy) is 4. The molecule has 0 aromatic carbocycles. The van der Waals surface area contributed by atoms with E-state index in [1.54, 1.807) is 0 Å². The van der Waals surface area contributed by atoms with Crippen molar-refractivity contribution in [3.05, 3.63) is 146 Å². The van der Waals surface area contributed by atoms with E-state index in [1.165, 1.54) is 64.2 Å². The molecule has 0 saturated carbocycles. The van der Waals surface area contributed by atoms with Crippen molar-refractivity contribution in [2.45, 2.75) is 232 Å². The van der Waals surface area contributed by atoms with Gasteiger partial charge in [-0.1, -0.05) is 230 Å². The minimum atomic E-state index is -1.53. The molecule has 0 fully saturated rings. The standard InChI is InChI=1S/C70H113NO8/c1-6-8-10-12-14-16-18-20-22-24-25-26-27-28-29-30-31-32-33-34-35-36-37-38-39-40-41-42-43-45-47-49-51-53-55-57-59-61-68(73)79-66(65-78-70(69(74)75)76-63-62-71(3,4)5)64-77-67(72)60-58-56-54-52-50-48-46-44-23-21-19-17-15-13-11-9-7-2/h8,10,14,16,20-23,25-26,28-29,31-32,34-35,37-38,40-41,43,45,49,51,66,70H,6-7,9,11-13,15,17-19,24,27,30,33,36,39,42,44,46-48,50,52-65H2,1-5H3/p+1/b10-8-,16-14-,22-20-,23-21-,26-25-,29-28-,32-31-,35-34-,38-37-,41-40-,45-43-,51-49-.